The number of nitro groups is 1. The van der Waals surface area contributed by atoms with Crippen molar-refractivity contribution in [1.29, 1.82) is 0 Å². The lowest BCUT2D eigenvalue weighted by Crippen LogP contribution is -2.30. The summed E-state index contributed by atoms with van der Waals surface area (Å²) in [6.07, 6.45) is -0.963. The zero-order valence-corrected chi connectivity index (χ0v) is 15.0. The molecule has 1 aromatic heterocycles. The molecule has 9 heteroatoms. The predicted molar refractivity (Wildman–Crippen MR) is 101 cm³/mol. The van der Waals surface area contributed by atoms with E-state index in [1.165, 1.54) is 44.4 Å². The number of rotatable bonds is 6. The fourth-order valence-electron chi connectivity index (χ4n) is 2.50. The highest BCUT2D eigenvalue weighted by Crippen LogP contribution is 2.29. The molecule has 3 rings (SSSR count). The Labute approximate surface area is 158 Å². The summed E-state index contributed by atoms with van der Waals surface area (Å²) in [4.78, 5) is 34.3. The molecular weight excluding hydrogens is 368 g/mol. The molecule has 2 aromatic carbocycles. The third-order valence-electron chi connectivity index (χ3n) is 3.94. The normalized spacial score (nSPS) is 11.6. The van der Waals surface area contributed by atoms with Crippen LogP contribution in [0.2, 0.25) is 0 Å². The molecule has 1 heterocycles. The number of amides is 1. The number of nitrogens with one attached hydrogen (secondary N) is 1. The molecule has 1 amide bonds. The topological polar surface area (TPSA) is 121 Å². The Morgan fingerprint density at radius 1 is 1.14 bits per heavy atom. The van der Waals surface area contributed by atoms with Crippen LogP contribution < -0.4 is 20.4 Å². The van der Waals surface area contributed by atoms with Gasteiger partial charge >= 0.3 is 5.63 Å². The van der Waals surface area contributed by atoms with E-state index in [1.54, 1.807) is 18.2 Å². The number of carbonyl (C=O) groups is 1. The van der Waals surface area contributed by atoms with Gasteiger partial charge in [-0.15, -0.1) is 0 Å². The largest absolute Gasteiger partial charge is 0.496 e. The van der Waals surface area contributed by atoms with Gasteiger partial charge in [0.1, 0.15) is 22.8 Å². The van der Waals surface area contributed by atoms with Gasteiger partial charge in [-0.1, -0.05) is 0 Å². The van der Waals surface area contributed by atoms with Crippen molar-refractivity contribution in [2.24, 2.45) is 0 Å². The molecule has 0 aliphatic carbocycles. The standard InChI is InChI=1S/C19H16N2O7/c1-11(27-14-5-3-12-4-8-18(22)28-17(12)10-14)19(23)20-15-7-6-13(26-2)9-16(15)21(24)25/h3-11H,1-2H3,(H,20,23)/t11-/m1/s1. The maximum Gasteiger partial charge on any atom is 0.336 e. The fraction of sp³-hybridized carbons (Fsp3) is 0.158. The molecule has 9 nitrogen and oxygen atoms in total. The van der Waals surface area contributed by atoms with Gasteiger partial charge in [0, 0.05) is 17.5 Å². The molecular formula is C19H16N2O7. The number of anilines is 1. The monoisotopic (exact) mass is 384 g/mol. The molecule has 0 aliphatic heterocycles. The molecule has 0 spiro atoms. The van der Waals surface area contributed by atoms with E-state index < -0.39 is 22.6 Å². The first-order chi connectivity index (χ1) is 13.4. The average Bonchev–Trinajstić information content (AvgIpc) is 2.67. The Hall–Kier alpha value is -3.88. The molecule has 1 N–H and O–H groups in total. The minimum Gasteiger partial charge on any atom is -0.496 e. The lowest BCUT2D eigenvalue weighted by molar-refractivity contribution is -0.384. The van der Waals surface area contributed by atoms with Crippen molar-refractivity contribution in [3.63, 3.8) is 0 Å². The maximum atomic E-state index is 12.4. The number of carbonyl (C=O) groups excluding carboxylic acids is 1. The summed E-state index contributed by atoms with van der Waals surface area (Å²) in [5.74, 6) is 0.0308. The first kappa shape index (κ1) is 18.9. The van der Waals surface area contributed by atoms with Crippen molar-refractivity contribution >= 4 is 28.3 Å². The molecule has 0 bridgehead atoms. The Balaban J connectivity index is 1.76. The lowest BCUT2D eigenvalue weighted by Gasteiger charge is -2.15. The lowest BCUT2D eigenvalue weighted by atomic mass is 10.2. The first-order valence-corrected chi connectivity index (χ1v) is 8.21. The van der Waals surface area contributed by atoms with Gasteiger partial charge in [0.05, 0.1) is 18.1 Å². The Bertz CT molecular complexity index is 1110. The zero-order chi connectivity index (χ0) is 20.3. The number of hydrogen-bond donors (Lipinski definition) is 1. The van der Waals surface area contributed by atoms with E-state index in [1.807, 2.05) is 0 Å². The molecule has 0 radical (unpaired) electrons. The van der Waals surface area contributed by atoms with Gasteiger partial charge in [-0.25, -0.2) is 4.79 Å². The van der Waals surface area contributed by atoms with Crippen LogP contribution in [0.1, 0.15) is 6.92 Å². The van der Waals surface area contributed by atoms with Crippen LogP contribution in [0.4, 0.5) is 11.4 Å². The van der Waals surface area contributed by atoms with Crippen LogP contribution in [0.3, 0.4) is 0 Å². The van der Waals surface area contributed by atoms with Gasteiger partial charge in [0.25, 0.3) is 11.6 Å². The SMILES string of the molecule is COc1ccc(NC(=O)[C@@H](C)Oc2ccc3ccc(=O)oc3c2)c([N+](=O)[O-])c1. The highest BCUT2D eigenvalue weighted by molar-refractivity contribution is 5.96. The van der Waals surface area contributed by atoms with Crippen molar-refractivity contribution in [1.82, 2.24) is 0 Å². The summed E-state index contributed by atoms with van der Waals surface area (Å²) in [5.41, 5.74) is -0.450. The van der Waals surface area contributed by atoms with Crippen molar-refractivity contribution in [3.05, 3.63) is 69.1 Å². The van der Waals surface area contributed by atoms with E-state index in [0.29, 0.717) is 22.5 Å². The van der Waals surface area contributed by atoms with Gasteiger partial charge in [0.15, 0.2) is 6.10 Å². The van der Waals surface area contributed by atoms with Crippen LogP contribution >= 0.6 is 0 Å². The minimum absolute atomic E-state index is 0.0239. The van der Waals surface area contributed by atoms with Crippen molar-refractivity contribution in [3.8, 4) is 11.5 Å². The van der Waals surface area contributed by atoms with Crippen molar-refractivity contribution in [2.45, 2.75) is 13.0 Å². The summed E-state index contributed by atoms with van der Waals surface area (Å²) in [6.45, 7) is 1.50. The van der Waals surface area contributed by atoms with Gasteiger partial charge in [0.2, 0.25) is 0 Å². The third kappa shape index (κ3) is 4.09. The molecule has 0 unspecified atom stereocenters. The van der Waals surface area contributed by atoms with Crippen LogP contribution in [0, 0.1) is 10.1 Å². The van der Waals surface area contributed by atoms with Gasteiger partial charge in [-0.3, -0.25) is 14.9 Å². The smallest absolute Gasteiger partial charge is 0.336 e. The number of nitro benzene ring substituents is 1. The fourth-order valence-corrected chi connectivity index (χ4v) is 2.50. The zero-order valence-electron chi connectivity index (χ0n) is 15.0. The molecule has 144 valence electrons. The molecule has 0 saturated carbocycles. The summed E-state index contributed by atoms with van der Waals surface area (Å²) in [5, 5.41) is 14.4. The number of ether oxygens (including phenoxy) is 2. The van der Waals surface area contributed by atoms with Crippen LogP contribution in [-0.4, -0.2) is 24.0 Å². The van der Waals surface area contributed by atoms with Crippen LogP contribution in [0.5, 0.6) is 11.5 Å². The van der Waals surface area contributed by atoms with E-state index in [-0.39, 0.29) is 11.4 Å². The number of methoxy groups -OCH3 is 1. The Kier molecular flexibility index (Phi) is 5.25. The second kappa shape index (κ2) is 7.78. The molecule has 3 aromatic rings. The van der Waals surface area contributed by atoms with E-state index >= 15 is 0 Å². The van der Waals surface area contributed by atoms with Crippen molar-refractivity contribution in [2.75, 3.05) is 12.4 Å². The second-order valence-electron chi connectivity index (χ2n) is 5.84. The highest BCUT2D eigenvalue weighted by Gasteiger charge is 2.21. The van der Waals surface area contributed by atoms with Crippen LogP contribution in [0.15, 0.2) is 57.7 Å². The van der Waals surface area contributed by atoms with Crippen molar-refractivity contribution < 1.29 is 23.6 Å². The summed E-state index contributed by atoms with van der Waals surface area (Å²) in [7, 11) is 1.39. The van der Waals surface area contributed by atoms with E-state index in [4.69, 9.17) is 13.9 Å². The molecule has 0 aliphatic rings. The molecule has 0 fully saturated rings. The third-order valence-corrected chi connectivity index (χ3v) is 3.94. The molecule has 28 heavy (non-hydrogen) atoms. The summed E-state index contributed by atoms with van der Waals surface area (Å²) < 4.78 is 15.6. The number of hydrogen-bond acceptors (Lipinski definition) is 7. The maximum absolute atomic E-state index is 12.4. The average molecular weight is 384 g/mol. The minimum atomic E-state index is -0.963. The molecule has 1 atom stereocenters. The summed E-state index contributed by atoms with van der Waals surface area (Å²) >= 11 is 0. The quantitative estimate of drug-likeness (QED) is 0.394. The van der Waals surface area contributed by atoms with E-state index in [9.17, 15) is 19.7 Å². The Morgan fingerprint density at radius 2 is 1.86 bits per heavy atom. The van der Waals surface area contributed by atoms with Crippen LogP contribution in [0.25, 0.3) is 11.0 Å². The number of fused-ring (bicyclic) bond motifs is 1. The van der Waals surface area contributed by atoms with E-state index in [0.717, 1.165) is 0 Å². The number of benzene rings is 2. The first-order valence-electron chi connectivity index (χ1n) is 8.21. The molecule has 0 saturated heterocycles. The van der Waals surface area contributed by atoms with E-state index in [2.05, 4.69) is 5.32 Å². The number of nitrogens with zero attached hydrogens (tertiary/aromatic N) is 1. The van der Waals surface area contributed by atoms with Gasteiger partial charge < -0.3 is 19.2 Å². The van der Waals surface area contributed by atoms with Gasteiger partial charge in [-0.2, -0.15) is 0 Å². The Morgan fingerprint density at radius 3 is 2.57 bits per heavy atom. The predicted octanol–water partition coefficient (Wildman–Crippen LogP) is 3.12. The van der Waals surface area contributed by atoms with Gasteiger partial charge in [-0.05, 0) is 37.3 Å². The summed E-state index contributed by atoms with van der Waals surface area (Å²) in [6, 6.07) is 11.8. The van der Waals surface area contributed by atoms with Crippen LogP contribution in [-0.2, 0) is 4.79 Å². The highest BCUT2D eigenvalue weighted by atomic mass is 16.6. The second-order valence-corrected chi connectivity index (χ2v) is 5.84.